The number of carbonyl (C=O) groups is 3. The quantitative estimate of drug-likeness (QED) is 0.568. The van der Waals surface area contributed by atoms with Crippen molar-refractivity contribution in [2.24, 2.45) is 0 Å². The predicted octanol–water partition coefficient (Wildman–Crippen LogP) is 1.88. The summed E-state index contributed by atoms with van der Waals surface area (Å²) >= 11 is 0. The molecule has 7 heteroatoms. The molecule has 0 fully saturated rings. The molecule has 1 N–H and O–H groups in total. The van der Waals surface area contributed by atoms with E-state index in [9.17, 15) is 14.4 Å². The van der Waals surface area contributed by atoms with Crippen LogP contribution in [0.5, 0.6) is 11.5 Å². The van der Waals surface area contributed by atoms with Gasteiger partial charge in [0.25, 0.3) is 11.8 Å². The van der Waals surface area contributed by atoms with E-state index in [2.05, 4.69) is 5.32 Å². The Kier molecular flexibility index (Phi) is 5.71. The molecule has 0 aromatic heterocycles. The second-order valence-electron chi connectivity index (χ2n) is 5.93. The van der Waals surface area contributed by atoms with Crippen molar-refractivity contribution in [3.05, 3.63) is 59.7 Å². The van der Waals surface area contributed by atoms with Gasteiger partial charge in [-0.2, -0.15) is 0 Å². The van der Waals surface area contributed by atoms with Gasteiger partial charge in [0.15, 0.2) is 0 Å². The molecule has 1 aliphatic heterocycles. The molecule has 2 aromatic carbocycles. The normalized spacial score (nSPS) is 12.7. The van der Waals surface area contributed by atoms with Crippen LogP contribution >= 0.6 is 0 Å². The summed E-state index contributed by atoms with van der Waals surface area (Å²) in [6, 6.07) is 13.8. The van der Waals surface area contributed by atoms with Crippen LogP contribution in [0.15, 0.2) is 48.5 Å². The van der Waals surface area contributed by atoms with Crippen molar-refractivity contribution in [2.45, 2.75) is 6.42 Å². The Hall–Kier alpha value is -3.35. The smallest absolute Gasteiger partial charge is 0.261 e. The zero-order chi connectivity index (χ0) is 19.2. The molecule has 0 aliphatic carbocycles. The van der Waals surface area contributed by atoms with Crippen molar-refractivity contribution >= 4 is 17.7 Å². The second-order valence-corrected chi connectivity index (χ2v) is 5.93. The van der Waals surface area contributed by atoms with Crippen LogP contribution in [-0.4, -0.2) is 49.4 Å². The third-order valence-electron chi connectivity index (χ3n) is 4.19. The molecule has 0 spiro atoms. The van der Waals surface area contributed by atoms with E-state index in [1.807, 2.05) is 0 Å². The fourth-order valence-electron chi connectivity index (χ4n) is 2.78. The van der Waals surface area contributed by atoms with Crippen molar-refractivity contribution < 1.29 is 23.9 Å². The molecule has 0 saturated heterocycles. The van der Waals surface area contributed by atoms with Crippen LogP contribution in [0.3, 0.4) is 0 Å². The standard InChI is InChI=1S/C20H20N2O5/c1-26-14-6-8-15(9-7-14)27-13-11-21-18(23)10-12-22-19(24)16-4-2-3-5-17(16)20(22)25/h2-9H,10-13H2,1H3,(H,21,23). The SMILES string of the molecule is COc1ccc(OCCNC(=O)CCN2C(=O)c3ccccc3C2=O)cc1. The summed E-state index contributed by atoms with van der Waals surface area (Å²) in [4.78, 5) is 37.5. The van der Waals surface area contributed by atoms with Crippen LogP contribution in [0.2, 0.25) is 0 Å². The molecular weight excluding hydrogens is 348 g/mol. The van der Waals surface area contributed by atoms with Crippen molar-refractivity contribution in [1.29, 1.82) is 0 Å². The fraction of sp³-hybridized carbons (Fsp3) is 0.250. The molecule has 0 bridgehead atoms. The second kappa shape index (κ2) is 8.35. The maximum absolute atomic E-state index is 12.2. The zero-order valence-corrected chi connectivity index (χ0v) is 14.9. The number of benzene rings is 2. The van der Waals surface area contributed by atoms with Gasteiger partial charge in [-0.05, 0) is 36.4 Å². The average Bonchev–Trinajstić information content (AvgIpc) is 2.94. The largest absolute Gasteiger partial charge is 0.497 e. The van der Waals surface area contributed by atoms with E-state index in [1.165, 1.54) is 0 Å². The van der Waals surface area contributed by atoms with Crippen LogP contribution in [-0.2, 0) is 4.79 Å². The van der Waals surface area contributed by atoms with E-state index in [0.29, 0.717) is 30.0 Å². The van der Waals surface area contributed by atoms with Gasteiger partial charge in [0.1, 0.15) is 18.1 Å². The van der Waals surface area contributed by atoms with Crippen molar-refractivity contribution in [3.63, 3.8) is 0 Å². The third-order valence-corrected chi connectivity index (χ3v) is 4.19. The number of ether oxygens (including phenoxy) is 2. The molecule has 0 radical (unpaired) electrons. The Bertz CT molecular complexity index is 813. The van der Waals surface area contributed by atoms with Gasteiger partial charge in [-0.15, -0.1) is 0 Å². The topological polar surface area (TPSA) is 84.9 Å². The number of imide groups is 1. The molecule has 0 atom stereocenters. The number of hydrogen-bond donors (Lipinski definition) is 1. The highest BCUT2D eigenvalue weighted by molar-refractivity contribution is 6.21. The van der Waals surface area contributed by atoms with Crippen LogP contribution in [0.1, 0.15) is 27.1 Å². The summed E-state index contributed by atoms with van der Waals surface area (Å²) in [5, 5.41) is 2.71. The van der Waals surface area contributed by atoms with Gasteiger partial charge in [0.05, 0.1) is 24.8 Å². The highest BCUT2D eigenvalue weighted by Gasteiger charge is 2.34. The van der Waals surface area contributed by atoms with Gasteiger partial charge >= 0.3 is 0 Å². The summed E-state index contributed by atoms with van der Waals surface area (Å²) in [6.45, 7) is 0.690. The number of nitrogens with zero attached hydrogens (tertiary/aromatic N) is 1. The minimum atomic E-state index is -0.355. The molecule has 0 saturated carbocycles. The minimum Gasteiger partial charge on any atom is -0.497 e. The maximum atomic E-state index is 12.2. The predicted molar refractivity (Wildman–Crippen MR) is 97.9 cm³/mol. The number of nitrogens with one attached hydrogen (secondary N) is 1. The Morgan fingerprint density at radius 2 is 1.56 bits per heavy atom. The zero-order valence-electron chi connectivity index (χ0n) is 14.9. The van der Waals surface area contributed by atoms with Gasteiger partial charge < -0.3 is 14.8 Å². The van der Waals surface area contributed by atoms with Crippen LogP contribution in [0, 0.1) is 0 Å². The van der Waals surface area contributed by atoms with Crippen LogP contribution < -0.4 is 14.8 Å². The lowest BCUT2D eigenvalue weighted by molar-refractivity contribution is -0.121. The van der Waals surface area contributed by atoms with E-state index < -0.39 is 0 Å². The van der Waals surface area contributed by atoms with E-state index in [-0.39, 0.29) is 30.7 Å². The number of amides is 3. The van der Waals surface area contributed by atoms with Gasteiger partial charge in [-0.1, -0.05) is 12.1 Å². The first-order chi connectivity index (χ1) is 13.1. The number of carbonyl (C=O) groups excluding carboxylic acids is 3. The molecule has 27 heavy (non-hydrogen) atoms. The minimum absolute atomic E-state index is 0.0496. The lowest BCUT2D eigenvalue weighted by Gasteiger charge is -2.13. The van der Waals surface area contributed by atoms with Crippen molar-refractivity contribution in [3.8, 4) is 11.5 Å². The molecule has 3 amide bonds. The first-order valence-electron chi connectivity index (χ1n) is 8.59. The number of methoxy groups -OCH3 is 1. The molecule has 1 aliphatic rings. The van der Waals surface area contributed by atoms with Gasteiger partial charge in [-0.25, -0.2) is 0 Å². The third kappa shape index (κ3) is 4.25. The monoisotopic (exact) mass is 368 g/mol. The van der Waals surface area contributed by atoms with E-state index in [4.69, 9.17) is 9.47 Å². The molecule has 7 nitrogen and oxygen atoms in total. The number of hydrogen-bond acceptors (Lipinski definition) is 5. The summed E-state index contributed by atoms with van der Waals surface area (Å²) < 4.78 is 10.6. The maximum Gasteiger partial charge on any atom is 0.261 e. The highest BCUT2D eigenvalue weighted by atomic mass is 16.5. The first-order valence-corrected chi connectivity index (χ1v) is 8.59. The van der Waals surface area contributed by atoms with Crippen LogP contribution in [0.25, 0.3) is 0 Å². The molecular formula is C20H20N2O5. The van der Waals surface area contributed by atoms with Gasteiger partial charge in [-0.3, -0.25) is 19.3 Å². The summed E-state index contributed by atoms with van der Waals surface area (Å²) in [7, 11) is 1.59. The lowest BCUT2D eigenvalue weighted by Crippen LogP contribution is -2.35. The Morgan fingerprint density at radius 1 is 0.963 bits per heavy atom. The molecule has 140 valence electrons. The summed E-state index contributed by atoms with van der Waals surface area (Å²) in [6.07, 6.45) is 0.0496. The summed E-state index contributed by atoms with van der Waals surface area (Å²) in [5.74, 6) is 0.460. The fourth-order valence-corrected chi connectivity index (χ4v) is 2.78. The van der Waals surface area contributed by atoms with Gasteiger partial charge in [0.2, 0.25) is 5.91 Å². The Morgan fingerprint density at radius 3 is 2.15 bits per heavy atom. The van der Waals surface area contributed by atoms with Gasteiger partial charge in [0, 0.05) is 13.0 Å². The molecule has 1 heterocycles. The first kappa shape index (κ1) is 18.4. The van der Waals surface area contributed by atoms with Crippen molar-refractivity contribution in [1.82, 2.24) is 10.2 Å². The van der Waals surface area contributed by atoms with E-state index in [1.54, 1.807) is 55.6 Å². The van der Waals surface area contributed by atoms with Crippen LogP contribution in [0.4, 0.5) is 0 Å². The molecule has 2 aromatic rings. The van der Waals surface area contributed by atoms with E-state index >= 15 is 0 Å². The number of rotatable bonds is 8. The number of fused-ring (bicyclic) bond motifs is 1. The average molecular weight is 368 g/mol. The van der Waals surface area contributed by atoms with E-state index in [0.717, 1.165) is 10.6 Å². The van der Waals surface area contributed by atoms with Crippen molar-refractivity contribution in [2.75, 3.05) is 26.8 Å². The molecule has 0 unspecified atom stereocenters. The Balaban J connectivity index is 1.39. The summed E-state index contributed by atoms with van der Waals surface area (Å²) in [5.41, 5.74) is 0.770. The molecule has 3 rings (SSSR count). The highest BCUT2D eigenvalue weighted by Crippen LogP contribution is 2.22. The Labute approximate surface area is 156 Å². The lowest BCUT2D eigenvalue weighted by atomic mass is 10.1.